The van der Waals surface area contributed by atoms with Crippen molar-refractivity contribution in [1.82, 2.24) is 4.98 Å². The van der Waals surface area contributed by atoms with E-state index in [-0.39, 0.29) is 24.7 Å². The van der Waals surface area contributed by atoms with E-state index in [1.807, 2.05) is 0 Å². The number of carboxylic acids is 1. The zero-order chi connectivity index (χ0) is 32.3. The molecule has 1 aromatic heterocycles. The van der Waals surface area contributed by atoms with Crippen LogP contribution >= 0.6 is 11.3 Å². The molecule has 0 unspecified atom stereocenters. The minimum absolute atomic E-state index is 0.134. The first-order chi connectivity index (χ1) is 20.6. The van der Waals surface area contributed by atoms with Gasteiger partial charge in [-0.2, -0.15) is 26.3 Å². The van der Waals surface area contributed by atoms with Crippen molar-refractivity contribution in [2.24, 2.45) is 0 Å². The van der Waals surface area contributed by atoms with E-state index in [0.29, 0.717) is 34.8 Å². The number of anilines is 1. The number of methoxy groups -OCH3 is 1. The lowest BCUT2D eigenvalue weighted by Crippen LogP contribution is -2.37. The van der Waals surface area contributed by atoms with Crippen molar-refractivity contribution >= 4 is 22.4 Å². The van der Waals surface area contributed by atoms with Crippen LogP contribution in [0.15, 0.2) is 72.1 Å². The lowest BCUT2D eigenvalue weighted by Gasteiger charge is -2.25. The molecule has 0 saturated carbocycles. The van der Waals surface area contributed by atoms with Gasteiger partial charge in [-0.05, 0) is 79.9 Å². The monoisotopic (exact) mass is 638 g/mol. The van der Waals surface area contributed by atoms with Gasteiger partial charge in [-0.1, -0.05) is 18.2 Å². The second-order valence-electron chi connectivity index (χ2n) is 10.3. The Bertz CT molecular complexity index is 1580. The molecular formula is C31H28F6N2O4S. The standard InChI is InChI=1S/C31H28F6N2O4S/c1-29(2,27(40)41)43-24-10-4-19(5-11-24)14-15-39(28-38-26(18-44-28)20-7-12-23(42-3)13-8-20)17-21-6-9-22(30(32,33)34)16-25(21)31(35,36)37/h4-13,16,18H,14-15,17H2,1-3H3,(H,40,41). The minimum atomic E-state index is -5.01. The Hall–Kier alpha value is -4.26. The van der Waals surface area contributed by atoms with Gasteiger partial charge in [-0.15, -0.1) is 11.3 Å². The highest BCUT2D eigenvalue weighted by molar-refractivity contribution is 7.14. The molecule has 0 spiro atoms. The smallest absolute Gasteiger partial charge is 0.416 e. The van der Waals surface area contributed by atoms with Gasteiger partial charge < -0.3 is 19.5 Å². The number of alkyl halides is 6. The number of nitrogens with zero attached hydrogens (tertiary/aromatic N) is 2. The fraction of sp³-hybridized carbons (Fsp3) is 0.290. The summed E-state index contributed by atoms with van der Waals surface area (Å²) in [5.41, 5.74) is -2.45. The maximum absolute atomic E-state index is 14.0. The van der Waals surface area contributed by atoms with E-state index in [1.165, 1.54) is 32.3 Å². The van der Waals surface area contributed by atoms with Crippen molar-refractivity contribution in [3.05, 3.63) is 94.4 Å². The lowest BCUT2D eigenvalue weighted by atomic mass is 10.0. The van der Waals surface area contributed by atoms with Gasteiger partial charge >= 0.3 is 18.3 Å². The first-order valence-corrected chi connectivity index (χ1v) is 14.1. The average molecular weight is 639 g/mol. The third-order valence-corrected chi connectivity index (χ3v) is 7.64. The molecule has 1 N–H and O–H groups in total. The average Bonchev–Trinajstić information content (AvgIpc) is 3.45. The van der Waals surface area contributed by atoms with Crippen molar-refractivity contribution in [3.8, 4) is 22.8 Å². The van der Waals surface area contributed by atoms with Crippen molar-refractivity contribution in [2.45, 2.75) is 44.8 Å². The van der Waals surface area contributed by atoms with Crippen molar-refractivity contribution in [2.75, 3.05) is 18.6 Å². The SMILES string of the molecule is COc1ccc(-c2csc(N(CCc3ccc(OC(C)(C)C(=O)O)cc3)Cc3ccc(C(F)(F)F)cc3C(F)(F)F)n2)cc1. The first kappa shape index (κ1) is 32.6. The highest BCUT2D eigenvalue weighted by atomic mass is 32.1. The van der Waals surface area contributed by atoms with Gasteiger partial charge in [0.2, 0.25) is 0 Å². The van der Waals surface area contributed by atoms with E-state index in [1.54, 1.807) is 58.8 Å². The van der Waals surface area contributed by atoms with E-state index in [2.05, 4.69) is 4.98 Å². The van der Waals surface area contributed by atoms with Gasteiger partial charge in [0.25, 0.3) is 0 Å². The number of benzene rings is 3. The Kier molecular flexibility index (Phi) is 9.47. The molecule has 0 aliphatic carbocycles. The molecule has 234 valence electrons. The number of hydrogen-bond donors (Lipinski definition) is 1. The first-order valence-electron chi connectivity index (χ1n) is 13.2. The molecular weight excluding hydrogens is 610 g/mol. The van der Waals surface area contributed by atoms with Gasteiger partial charge in [-0.3, -0.25) is 0 Å². The number of carboxylic acid groups (broad SMARTS) is 1. The molecule has 1 heterocycles. The maximum Gasteiger partial charge on any atom is 0.416 e. The zero-order valence-corrected chi connectivity index (χ0v) is 24.6. The van der Waals surface area contributed by atoms with Gasteiger partial charge in [0, 0.05) is 24.0 Å². The van der Waals surface area contributed by atoms with Crippen LogP contribution in [0.25, 0.3) is 11.3 Å². The number of hydrogen-bond acceptors (Lipinski definition) is 6. The van der Waals surface area contributed by atoms with Crippen LogP contribution in [-0.4, -0.2) is 35.3 Å². The lowest BCUT2D eigenvalue weighted by molar-refractivity contribution is -0.152. The van der Waals surface area contributed by atoms with Crippen LogP contribution in [0.2, 0.25) is 0 Å². The summed E-state index contributed by atoms with van der Waals surface area (Å²) < 4.78 is 92.3. The van der Waals surface area contributed by atoms with Crippen molar-refractivity contribution < 1.29 is 45.7 Å². The number of aliphatic carboxylic acids is 1. The Balaban J connectivity index is 1.64. The fourth-order valence-corrected chi connectivity index (χ4v) is 5.09. The zero-order valence-electron chi connectivity index (χ0n) is 23.8. The van der Waals surface area contributed by atoms with Crippen LogP contribution < -0.4 is 14.4 Å². The summed E-state index contributed by atoms with van der Waals surface area (Å²) in [5, 5.41) is 11.4. The molecule has 0 fully saturated rings. The van der Waals surface area contributed by atoms with E-state index in [0.717, 1.165) is 17.2 Å². The van der Waals surface area contributed by atoms with E-state index in [4.69, 9.17) is 9.47 Å². The van der Waals surface area contributed by atoms with Crippen LogP contribution in [0.5, 0.6) is 11.5 Å². The highest BCUT2D eigenvalue weighted by Gasteiger charge is 2.38. The second-order valence-corrected chi connectivity index (χ2v) is 11.2. The van der Waals surface area contributed by atoms with Crippen LogP contribution in [0.1, 0.15) is 36.1 Å². The molecule has 44 heavy (non-hydrogen) atoms. The van der Waals surface area contributed by atoms with E-state index < -0.39 is 35.0 Å². The predicted octanol–water partition coefficient (Wildman–Crippen LogP) is 8.35. The summed E-state index contributed by atoms with van der Waals surface area (Å²) in [4.78, 5) is 17.6. The number of halogens is 6. The molecule has 0 saturated heterocycles. The Morgan fingerprint density at radius 3 is 2.11 bits per heavy atom. The van der Waals surface area contributed by atoms with E-state index >= 15 is 0 Å². The molecule has 0 bridgehead atoms. The molecule has 0 aliphatic rings. The van der Waals surface area contributed by atoms with Crippen LogP contribution in [0, 0.1) is 0 Å². The van der Waals surface area contributed by atoms with Gasteiger partial charge in [0.05, 0.1) is 23.9 Å². The molecule has 6 nitrogen and oxygen atoms in total. The molecule has 13 heteroatoms. The number of ether oxygens (including phenoxy) is 2. The van der Waals surface area contributed by atoms with Gasteiger partial charge in [-0.25, -0.2) is 9.78 Å². The summed E-state index contributed by atoms with van der Waals surface area (Å²) in [6.07, 6.45) is -9.61. The van der Waals surface area contributed by atoms with Crippen LogP contribution in [0.4, 0.5) is 31.5 Å². The number of aromatic nitrogens is 1. The molecule has 0 aliphatic heterocycles. The van der Waals surface area contributed by atoms with Crippen molar-refractivity contribution in [3.63, 3.8) is 0 Å². The van der Waals surface area contributed by atoms with E-state index in [9.17, 15) is 36.2 Å². The molecule has 0 atom stereocenters. The normalized spacial score (nSPS) is 12.2. The fourth-order valence-electron chi connectivity index (χ4n) is 4.23. The molecule has 4 rings (SSSR count). The molecule has 4 aromatic rings. The summed E-state index contributed by atoms with van der Waals surface area (Å²) in [7, 11) is 1.53. The van der Waals surface area contributed by atoms with Crippen LogP contribution in [0.3, 0.4) is 0 Å². The van der Waals surface area contributed by atoms with Gasteiger partial charge in [0.15, 0.2) is 10.7 Å². The molecule has 0 radical (unpaired) electrons. The van der Waals surface area contributed by atoms with Crippen LogP contribution in [-0.2, 0) is 30.1 Å². The second kappa shape index (κ2) is 12.8. The Morgan fingerprint density at radius 1 is 0.909 bits per heavy atom. The minimum Gasteiger partial charge on any atom is -0.497 e. The number of rotatable bonds is 11. The highest BCUT2D eigenvalue weighted by Crippen LogP contribution is 2.39. The number of thiazole rings is 1. The number of carbonyl (C=O) groups is 1. The predicted molar refractivity (Wildman–Crippen MR) is 154 cm³/mol. The van der Waals surface area contributed by atoms with Crippen molar-refractivity contribution in [1.29, 1.82) is 0 Å². The summed E-state index contributed by atoms with van der Waals surface area (Å²) >= 11 is 1.20. The quantitative estimate of drug-likeness (QED) is 0.167. The third kappa shape index (κ3) is 8.01. The molecule has 0 amide bonds. The van der Waals surface area contributed by atoms with Gasteiger partial charge in [0.1, 0.15) is 11.5 Å². The maximum atomic E-state index is 14.0. The third-order valence-electron chi connectivity index (χ3n) is 6.73. The Labute approximate surface area is 253 Å². The summed E-state index contributed by atoms with van der Waals surface area (Å²) in [6, 6.07) is 15.3. The molecule has 3 aromatic carbocycles. The summed E-state index contributed by atoms with van der Waals surface area (Å²) in [6.45, 7) is 2.64. The summed E-state index contributed by atoms with van der Waals surface area (Å²) in [5.74, 6) is -0.187. The largest absolute Gasteiger partial charge is 0.497 e. The topological polar surface area (TPSA) is 71.9 Å². The Morgan fingerprint density at radius 2 is 1.55 bits per heavy atom.